The van der Waals surface area contributed by atoms with Gasteiger partial charge in [0.2, 0.25) is 5.95 Å². The summed E-state index contributed by atoms with van der Waals surface area (Å²) in [5, 5.41) is 3.47. The molecule has 1 N–H and O–H groups in total. The Balaban J connectivity index is 1.58. The van der Waals surface area contributed by atoms with Crippen LogP contribution < -0.4 is 10.2 Å². The first-order chi connectivity index (χ1) is 8.42. The number of aromatic nitrogens is 2. The number of hydrogen-bond donors (Lipinski definition) is 1. The molecule has 1 aliphatic heterocycles. The molecule has 17 heavy (non-hydrogen) atoms. The molecule has 0 atom stereocenters. The molecule has 1 saturated heterocycles. The van der Waals surface area contributed by atoms with E-state index >= 15 is 0 Å². The van der Waals surface area contributed by atoms with E-state index in [4.69, 9.17) is 0 Å². The highest BCUT2D eigenvalue weighted by Gasteiger charge is 2.20. The quantitative estimate of drug-likeness (QED) is 0.872. The molecule has 1 aromatic heterocycles. The minimum Gasteiger partial charge on any atom is -0.339 e. The SMILES string of the molecule is c1nc(N2CCSCC2)ncc1CNC1CC1. The zero-order chi connectivity index (χ0) is 11.5. The van der Waals surface area contributed by atoms with Gasteiger partial charge < -0.3 is 10.2 Å². The molecule has 3 rings (SSSR count). The maximum atomic E-state index is 4.47. The number of nitrogens with one attached hydrogen (secondary N) is 1. The summed E-state index contributed by atoms with van der Waals surface area (Å²) in [5.74, 6) is 3.27. The Kier molecular flexibility index (Phi) is 3.47. The Hall–Kier alpha value is -0.810. The molecule has 2 fully saturated rings. The molecule has 0 unspecified atom stereocenters. The number of rotatable bonds is 4. The summed E-state index contributed by atoms with van der Waals surface area (Å²) >= 11 is 2.01. The van der Waals surface area contributed by atoms with Crippen LogP contribution >= 0.6 is 11.8 Å². The van der Waals surface area contributed by atoms with Crippen LogP contribution in [0.15, 0.2) is 12.4 Å². The van der Waals surface area contributed by atoms with Crippen LogP contribution in [0, 0.1) is 0 Å². The van der Waals surface area contributed by atoms with Gasteiger partial charge in [0.25, 0.3) is 0 Å². The van der Waals surface area contributed by atoms with E-state index in [-0.39, 0.29) is 0 Å². The fourth-order valence-corrected chi connectivity index (χ4v) is 2.82. The molecule has 4 nitrogen and oxygen atoms in total. The van der Waals surface area contributed by atoms with Gasteiger partial charge in [-0.05, 0) is 12.8 Å². The van der Waals surface area contributed by atoms with Crippen molar-refractivity contribution >= 4 is 17.7 Å². The van der Waals surface area contributed by atoms with Crippen LogP contribution in [-0.2, 0) is 6.54 Å². The summed E-state index contributed by atoms with van der Waals surface area (Å²) < 4.78 is 0. The van der Waals surface area contributed by atoms with Crippen LogP contribution in [-0.4, -0.2) is 40.6 Å². The van der Waals surface area contributed by atoms with Gasteiger partial charge >= 0.3 is 0 Å². The lowest BCUT2D eigenvalue weighted by Gasteiger charge is -2.26. The Morgan fingerprint density at radius 1 is 1.24 bits per heavy atom. The second-order valence-corrected chi connectivity index (χ2v) is 5.87. The van der Waals surface area contributed by atoms with Gasteiger partial charge in [0, 0.05) is 55.1 Å². The summed E-state index contributed by atoms with van der Waals surface area (Å²) in [4.78, 5) is 11.2. The van der Waals surface area contributed by atoms with E-state index < -0.39 is 0 Å². The zero-order valence-electron chi connectivity index (χ0n) is 9.93. The number of anilines is 1. The van der Waals surface area contributed by atoms with Crippen molar-refractivity contribution in [1.29, 1.82) is 0 Å². The molecular formula is C12H18N4S. The molecule has 1 aromatic rings. The summed E-state index contributed by atoms with van der Waals surface area (Å²) in [5.41, 5.74) is 1.19. The van der Waals surface area contributed by atoms with Crippen LogP contribution in [0.2, 0.25) is 0 Å². The lowest BCUT2D eigenvalue weighted by molar-refractivity contribution is 0.682. The Labute approximate surface area is 106 Å². The van der Waals surface area contributed by atoms with Crippen molar-refractivity contribution in [3.63, 3.8) is 0 Å². The molecule has 0 radical (unpaired) electrons. The maximum Gasteiger partial charge on any atom is 0.225 e. The third-order valence-corrected chi connectivity index (χ3v) is 4.10. The van der Waals surface area contributed by atoms with Gasteiger partial charge in [-0.25, -0.2) is 9.97 Å². The minimum atomic E-state index is 0.744. The highest BCUT2D eigenvalue weighted by atomic mass is 32.2. The fraction of sp³-hybridized carbons (Fsp3) is 0.667. The first-order valence-corrected chi connectivity index (χ1v) is 7.44. The molecular weight excluding hydrogens is 232 g/mol. The van der Waals surface area contributed by atoms with Crippen molar-refractivity contribution in [2.24, 2.45) is 0 Å². The Morgan fingerprint density at radius 3 is 2.59 bits per heavy atom. The largest absolute Gasteiger partial charge is 0.339 e. The average Bonchev–Trinajstić information content (AvgIpc) is 3.22. The van der Waals surface area contributed by atoms with Crippen LogP contribution in [0.1, 0.15) is 18.4 Å². The molecule has 1 saturated carbocycles. The summed E-state index contributed by atoms with van der Waals surface area (Å²) in [6.07, 6.45) is 6.56. The first-order valence-electron chi connectivity index (χ1n) is 6.29. The van der Waals surface area contributed by atoms with E-state index in [9.17, 15) is 0 Å². The Morgan fingerprint density at radius 2 is 1.94 bits per heavy atom. The smallest absolute Gasteiger partial charge is 0.225 e. The molecule has 0 spiro atoms. The van der Waals surface area contributed by atoms with Crippen molar-refractivity contribution in [2.45, 2.75) is 25.4 Å². The average molecular weight is 250 g/mol. The van der Waals surface area contributed by atoms with E-state index in [0.717, 1.165) is 31.6 Å². The van der Waals surface area contributed by atoms with Crippen LogP contribution in [0.25, 0.3) is 0 Å². The fourth-order valence-electron chi connectivity index (χ4n) is 1.92. The van der Waals surface area contributed by atoms with E-state index in [1.54, 1.807) is 0 Å². The second-order valence-electron chi connectivity index (χ2n) is 4.65. The van der Waals surface area contributed by atoms with Gasteiger partial charge in [0.1, 0.15) is 0 Å². The topological polar surface area (TPSA) is 41.1 Å². The zero-order valence-corrected chi connectivity index (χ0v) is 10.7. The van der Waals surface area contributed by atoms with Gasteiger partial charge in [-0.1, -0.05) is 0 Å². The highest BCUT2D eigenvalue weighted by molar-refractivity contribution is 7.99. The standard InChI is InChI=1S/C12H18N4S/c1-2-11(1)13-7-10-8-14-12(15-9-10)16-3-5-17-6-4-16/h8-9,11,13H,1-7H2. The minimum absolute atomic E-state index is 0.744. The van der Waals surface area contributed by atoms with Crippen molar-refractivity contribution < 1.29 is 0 Å². The predicted molar refractivity (Wildman–Crippen MR) is 71.4 cm³/mol. The molecule has 0 amide bonds. The highest BCUT2D eigenvalue weighted by Crippen LogP contribution is 2.19. The van der Waals surface area contributed by atoms with Crippen molar-refractivity contribution in [2.75, 3.05) is 29.5 Å². The number of nitrogens with zero attached hydrogens (tertiary/aromatic N) is 3. The lowest BCUT2D eigenvalue weighted by Crippen LogP contribution is -2.33. The number of thioether (sulfide) groups is 1. The summed E-state index contributed by atoms with van der Waals surface area (Å²) in [7, 11) is 0. The van der Waals surface area contributed by atoms with Crippen LogP contribution in [0.4, 0.5) is 5.95 Å². The molecule has 5 heteroatoms. The third-order valence-electron chi connectivity index (χ3n) is 3.16. The van der Waals surface area contributed by atoms with Gasteiger partial charge in [-0.3, -0.25) is 0 Å². The Bertz CT molecular complexity index is 357. The first kappa shape index (κ1) is 11.3. The molecule has 0 aromatic carbocycles. The summed E-state index contributed by atoms with van der Waals surface area (Å²) in [6.45, 7) is 3.05. The molecule has 92 valence electrons. The lowest BCUT2D eigenvalue weighted by atomic mass is 10.3. The second kappa shape index (κ2) is 5.23. The molecule has 0 bridgehead atoms. The van der Waals surface area contributed by atoms with E-state index in [1.807, 2.05) is 24.2 Å². The van der Waals surface area contributed by atoms with Gasteiger partial charge in [0.05, 0.1) is 0 Å². The van der Waals surface area contributed by atoms with E-state index in [2.05, 4.69) is 20.2 Å². The number of hydrogen-bond acceptors (Lipinski definition) is 5. The van der Waals surface area contributed by atoms with Crippen LogP contribution in [0.5, 0.6) is 0 Å². The van der Waals surface area contributed by atoms with Gasteiger partial charge in [-0.15, -0.1) is 0 Å². The van der Waals surface area contributed by atoms with Gasteiger partial charge in [-0.2, -0.15) is 11.8 Å². The van der Waals surface area contributed by atoms with Crippen LogP contribution in [0.3, 0.4) is 0 Å². The van der Waals surface area contributed by atoms with E-state index in [0.29, 0.717) is 0 Å². The van der Waals surface area contributed by atoms with Gasteiger partial charge in [0.15, 0.2) is 0 Å². The van der Waals surface area contributed by atoms with Crippen molar-refractivity contribution in [1.82, 2.24) is 15.3 Å². The normalized spacial score (nSPS) is 20.6. The molecule has 2 aliphatic rings. The maximum absolute atomic E-state index is 4.47. The van der Waals surface area contributed by atoms with E-state index in [1.165, 1.54) is 29.9 Å². The van der Waals surface area contributed by atoms with Crippen molar-refractivity contribution in [3.8, 4) is 0 Å². The monoisotopic (exact) mass is 250 g/mol. The molecule has 2 heterocycles. The predicted octanol–water partition coefficient (Wildman–Crippen LogP) is 1.28. The third kappa shape index (κ3) is 3.10. The molecule has 1 aliphatic carbocycles. The van der Waals surface area contributed by atoms with Crippen molar-refractivity contribution in [3.05, 3.63) is 18.0 Å². The summed E-state index contributed by atoms with van der Waals surface area (Å²) in [6, 6.07) is 0.744.